The molecule has 18 heavy (non-hydrogen) atoms. The Labute approximate surface area is 112 Å². The van der Waals surface area contributed by atoms with Gasteiger partial charge in [0.2, 0.25) is 0 Å². The fourth-order valence-electron chi connectivity index (χ4n) is 2.09. The fraction of sp³-hybridized carbons (Fsp3) is 0.294. The molecule has 0 bridgehead atoms. The predicted octanol–water partition coefficient (Wildman–Crippen LogP) is 4.16. The van der Waals surface area contributed by atoms with E-state index in [-0.39, 0.29) is 7.92 Å². The molecular weight excluding hydrogens is 235 g/mol. The SMILES string of the molecule is CC(C)C(C)P(c1ccccc1)c1ccccc1. The van der Waals surface area contributed by atoms with Crippen LogP contribution in [0.1, 0.15) is 20.8 Å². The van der Waals surface area contributed by atoms with Gasteiger partial charge in [0, 0.05) is 0 Å². The monoisotopic (exact) mass is 256 g/mol. The zero-order valence-corrected chi connectivity index (χ0v) is 12.3. The molecule has 2 aromatic carbocycles. The highest BCUT2D eigenvalue weighted by molar-refractivity contribution is 7.73. The van der Waals surface area contributed by atoms with Crippen molar-refractivity contribution in [2.45, 2.75) is 26.4 Å². The third-order valence-corrected chi connectivity index (χ3v) is 6.56. The Morgan fingerprint density at radius 2 is 1.06 bits per heavy atom. The van der Waals surface area contributed by atoms with Crippen LogP contribution in [0.15, 0.2) is 60.7 Å². The Bertz CT molecular complexity index is 422. The molecule has 0 aliphatic carbocycles. The lowest BCUT2D eigenvalue weighted by Gasteiger charge is -2.28. The van der Waals surface area contributed by atoms with Gasteiger partial charge >= 0.3 is 0 Å². The molecule has 0 radical (unpaired) electrons. The Morgan fingerprint density at radius 1 is 0.667 bits per heavy atom. The van der Waals surface area contributed by atoms with Gasteiger partial charge in [0.05, 0.1) is 0 Å². The molecule has 1 heteroatoms. The van der Waals surface area contributed by atoms with Crippen LogP contribution in [0.25, 0.3) is 0 Å². The van der Waals surface area contributed by atoms with E-state index in [4.69, 9.17) is 0 Å². The predicted molar refractivity (Wildman–Crippen MR) is 83.4 cm³/mol. The maximum absolute atomic E-state index is 2.39. The van der Waals surface area contributed by atoms with Gasteiger partial charge < -0.3 is 0 Å². The lowest BCUT2D eigenvalue weighted by molar-refractivity contribution is 0.638. The third-order valence-electron chi connectivity index (χ3n) is 3.44. The van der Waals surface area contributed by atoms with E-state index in [2.05, 4.69) is 81.4 Å². The molecule has 2 aromatic rings. The second-order valence-corrected chi connectivity index (χ2v) is 7.61. The van der Waals surface area contributed by atoms with Crippen LogP contribution < -0.4 is 10.6 Å². The van der Waals surface area contributed by atoms with Crippen LogP contribution in [0.4, 0.5) is 0 Å². The molecule has 0 heterocycles. The molecule has 0 N–H and O–H groups in total. The van der Waals surface area contributed by atoms with E-state index in [9.17, 15) is 0 Å². The van der Waals surface area contributed by atoms with Crippen LogP contribution in [-0.2, 0) is 0 Å². The van der Waals surface area contributed by atoms with E-state index < -0.39 is 0 Å². The van der Waals surface area contributed by atoms with Crippen LogP contribution in [-0.4, -0.2) is 5.66 Å². The first-order valence-corrected chi connectivity index (χ1v) is 8.00. The maximum Gasteiger partial charge on any atom is -0.0134 e. The second-order valence-electron chi connectivity index (χ2n) is 5.03. The molecule has 0 aliphatic heterocycles. The Hall–Kier alpha value is -1.13. The smallest absolute Gasteiger partial charge is 0.0134 e. The van der Waals surface area contributed by atoms with Crippen LogP contribution >= 0.6 is 7.92 Å². The van der Waals surface area contributed by atoms with Gasteiger partial charge in [0.1, 0.15) is 0 Å². The van der Waals surface area contributed by atoms with Gasteiger partial charge in [-0.25, -0.2) is 0 Å². The van der Waals surface area contributed by atoms with Crippen LogP contribution in [0.2, 0.25) is 0 Å². The quantitative estimate of drug-likeness (QED) is 0.720. The van der Waals surface area contributed by atoms with Crippen molar-refractivity contribution in [3.63, 3.8) is 0 Å². The normalized spacial score (nSPS) is 12.9. The zero-order chi connectivity index (χ0) is 13.0. The number of hydrogen-bond donors (Lipinski definition) is 0. The van der Waals surface area contributed by atoms with E-state index in [1.807, 2.05) is 0 Å². The molecular formula is C17H21P. The van der Waals surface area contributed by atoms with Gasteiger partial charge in [-0.3, -0.25) is 0 Å². The molecule has 0 saturated carbocycles. The van der Waals surface area contributed by atoms with Gasteiger partial charge in [-0.05, 0) is 30.1 Å². The maximum atomic E-state index is 2.39. The summed E-state index contributed by atoms with van der Waals surface area (Å²) in [6.45, 7) is 7.04. The minimum atomic E-state index is -0.252. The minimum absolute atomic E-state index is 0.252. The highest BCUT2D eigenvalue weighted by Crippen LogP contribution is 2.42. The molecule has 2 rings (SSSR count). The summed E-state index contributed by atoms with van der Waals surface area (Å²) in [6, 6.07) is 21.9. The van der Waals surface area contributed by atoms with Gasteiger partial charge in [-0.1, -0.05) is 81.4 Å². The van der Waals surface area contributed by atoms with E-state index >= 15 is 0 Å². The van der Waals surface area contributed by atoms with Crippen molar-refractivity contribution in [2.24, 2.45) is 5.92 Å². The standard InChI is InChI=1S/C17H21P/c1-14(2)15(3)18(16-10-6-4-7-11-16)17-12-8-5-9-13-17/h4-15H,1-3H3. The summed E-state index contributed by atoms with van der Waals surface area (Å²) in [4.78, 5) is 0. The van der Waals surface area contributed by atoms with E-state index in [0.29, 0.717) is 11.6 Å². The molecule has 1 atom stereocenters. The zero-order valence-electron chi connectivity index (χ0n) is 11.4. The fourth-order valence-corrected chi connectivity index (χ4v) is 4.92. The second kappa shape index (κ2) is 6.16. The molecule has 0 aromatic heterocycles. The number of benzene rings is 2. The van der Waals surface area contributed by atoms with E-state index in [1.54, 1.807) is 0 Å². The summed E-state index contributed by atoms with van der Waals surface area (Å²) in [5.74, 6) is 0.705. The lowest BCUT2D eigenvalue weighted by atomic mass is 10.2. The first kappa shape index (κ1) is 13.3. The molecule has 0 spiro atoms. The average molecular weight is 256 g/mol. The molecule has 1 unspecified atom stereocenters. The molecule has 94 valence electrons. The van der Waals surface area contributed by atoms with Crippen molar-refractivity contribution in [3.8, 4) is 0 Å². The number of rotatable bonds is 4. The molecule has 0 aliphatic rings. The lowest BCUT2D eigenvalue weighted by Crippen LogP contribution is -2.23. The Morgan fingerprint density at radius 3 is 1.39 bits per heavy atom. The van der Waals surface area contributed by atoms with E-state index in [0.717, 1.165) is 0 Å². The average Bonchev–Trinajstić information content (AvgIpc) is 2.41. The van der Waals surface area contributed by atoms with Crippen LogP contribution in [0.5, 0.6) is 0 Å². The van der Waals surface area contributed by atoms with Crippen molar-refractivity contribution in [1.29, 1.82) is 0 Å². The van der Waals surface area contributed by atoms with Crippen molar-refractivity contribution in [1.82, 2.24) is 0 Å². The van der Waals surface area contributed by atoms with E-state index in [1.165, 1.54) is 10.6 Å². The first-order chi connectivity index (χ1) is 8.70. The number of hydrogen-bond acceptors (Lipinski definition) is 0. The summed E-state index contributed by atoms with van der Waals surface area (Å²) in [5.41, 5.74) is 0.699. The third kappa shape index (κ3) is 3.00. The van der Waals surface area contributed by atoms with Crippen LogP contribution in [0.3, 0.4) is 0 Å². The van der Waals surface area contributed by atoms with Gasteiger partial charge in [0.15, 0.2) is 0 Å². The summed E-state index contributed by atoms with van der Waals surface area (Å²) in [7, 11) is -0.252. The highest BCUT2D eigenvalue weighted by atomic mass is 31.1. The summed E-state index contributed by atoms with van der Waals surface area (Å²) in [6.07, 6.45) is 0. The van der Waals surface area contributed by atoms with Gasteiger partial charge in [-0.15, -0.1) is 0 Å². The van der Waals surface area contributed by atoms with Crippen LogP contribution in [0, 0.1) is 5.92 Å². The van der Waals surface area contributed by atoms with Crippen molar-refractivity contribution in [3.05, 3.63) is 60.7 Å². The molecule has 0 nitrogen and oxygen atoms in total. The van der Waals surface area contributed by atoms with Gasteiger partial charge in [-0.2, -0.15) is 0 Å². The summed E-state index contributed by atoms with van der Waals surface area (Å²) in [5, 5.41) is 2.97. The summed E-state index contributed by atoms with van der Waals surface area (Å²) >= 11 is 0. The van der Waals surface area contributed by atoms with Crippen molar-refractivity contribution >= 4 is 18.5 Å². The Kier molecular flexibility index (Phi) is 4.55. The van der Waals surface area contributed by atoms with Crippen molar-refractivity contribution in [2.75, 3.05) is 0 Å². The molecule has 0 fully saturated rings. The summed E-state index contributed by atoms with van der Waals surface area (Å²) < 4.78 is 0. The Balaban J connectivity index is 2.42. The molecule has 0 amide bonds. The topological polar surface area (TPSA) is 0 Å². The highest BCUT2D eigenvalue weighted by Gasteiger charge is 2.22. The van der Waals surface area contributed by atoms with Crippen molar-refractivity contribution < 1.29 is 0 Å². The largest absolute Gasteiger partial charge is 0.0622 e. The van der Waals surface area contributed by atoms with Gasteiger partial charge in [0.25, 0.3) is 0 Å². The first-order valence-electron chi connectivity index (χ1n) is 6.59. The molecule has 0 saturated heterocycles. The minimum Gasteiger partial charge on any atom is -0.0622 e.